The fourth-order valence-electron chi connectivity index (χ4n) is 3.07. The Morgan fingerprint density at radius 2 is 1.96 bits per heavy atom. The predicted octanol–water partition coefficient (Wildman–Crippen LogP) is 3.42. The quantitative estimate of drug-likeness (QED) is 0.788. The minimum Gasteiger partial charge on any atom is -0.486 e. The number of fused-ring (bicyclic) bond motifs is 2. The smallest absolute Gasteiger partial charge is 0.253 e. The molecule has 26 heavy (non-hydrogen) atoms. The number of carbonyl (C=O) groups excluding carboxylic acids is 1. The molecule has 1 amide bonds. The van der Waals surface area contributed by atoms with Crippen molar-refractivity contribution >= 4 is 16.8 Å². The summed E-state index contributed by atoms with van der Waals surface area (Å²) in [7, 11) is 0. The molecule has 0 saturated heterocycles. The zero-order chi connectivity index (χ0) is 18.1. The Labute approximate surface area is 152 Å². The normalized spacial score (nSPS) is 15.7. The molecular formula is C21H20N2O3. The van der Waals surface area contributed by atoms with E-state index in [0.29, 0.717) is 30.2 Å². The first-order chi connectivity index (χ1) is 12.6. The highest BCUT2D eigenvalue weighted by atomic mass is 16.6. The zero-order valence-electron chi connectivity index (χ0n) is 14.8. The molecule has 1 aliphatic heterocycles. The molecule has 0 aliphatic carbocycles. The molecular weight excluding hydrogens is 328 g/mol. The molecule has 0 fully saturated rings. The number of ether oxygens (including phenoxy) is 2. The van der Waals surface area contributed by atoms with Gasteiger partial charge in [0.1, 0.15) is 12.7 Å². The lowest BCUT2D eigenvalue weighted by atomic mass is 10.1. The number of rotatable bonds is 3. The molecule has 4 rings (SSSR count). The van der Waals surface area contributed by atoms with E-state index in [9.17, 15) is 4.79 Å². The second-order valence-electron chi connectivity index (χ2n) is 6.53. The summed E-state index contributed by atoms with van der Waals surface area (Å²) < 4.78 is 11.6. The van der Waals surface area contributed by atoms with Gasteiger partial charge in [0, 0.05) is 5.39 Å². The molecule has 0 bridgehead atoms. The van der Waals surface area contributed by atoms with E-state index >= 15 is 0 Å². The van der Waals surface area contributed by atoms with Gasteiger partial charge in [0.2, 0.25) is 0 Å². The molecule has 132 valence electrons. The Bertz CT molecular complexity index is 984. The fourth-order valence-corrected chi connectivity index (χ4v) is 3.07. The van der Waals surface area contributed by atoms with E-state index in [2.05, 4.69) is 10.3 Å². The molecule has 2 heterocycles. The maximum atomic E-state index is 12.6. The first kappa shape index (κ1) is 16.4. The number of aromatic nitrogens is 1. The van der Waals surface area contributed by atoms with Crippen LogP contribution in [0.1, 0.15) is 21.6 Å². The van der Waals surface area contributed by atoms with Crippen LogP contribution in [0.4, 0.5) is 0 Å². The van der Waals surface area contributed by atoms with E-state index in [0.717, 1.165) is 22.2 Å². The van der Waals surface area contributed by atoms with Crippen LogP contribution in [0.3, 0.4) is 0 Å². The van der Waals surface area contributed by atoms with Crippen molar-refractivity contribution in [1.29, 1.82) is 0 Å². The molecule has 0 spiro atoms. The summed E-state index contributed by atoms with van der Waals surface area (Å²) in [6.45, 7) is 4.67. The summed E-state index contributed by atoms with van der Waals surface area (Å²) in [4.78, 5) is 17.2. The van der Waals surface area contributed by atoms with Gasteiger partial charge in [0.15, 0.2) is 11.5 Å². The van der Waals surface area contributed by atoms with Crippen molar-refractivity contribution in [3.05, 3.63) is 65.4 Å². The molecule has 0 unspecified atom stereocenters. The molecule has 1 aliphatic rings. The molecule has 1 N–H and O–H groups in total. The van der Waals surface area contributed by atoms with E-state index < -0.39 is 0 Å². The van der Waals surface area contributed by atoms with Gasteiger partial charge in [-0.3, -0.25) is 9.78 Å². The Morgan fingerprint density at radius 3 is 2.81 bits per heavy atom. The van der Waals surface area contributed by atoms with Crippen LogP contribution in [0.15, 0.2) is 48.5 Å². The van der Waals surface area contributed by atoms with E-state index in [1.165, 1.54) is 0 Å². The summed E-state index contributed by atoms with van der Waals surface area (Å²) in [5.74, 6) is 1.29. The van der Waals surface area contributed by atoms with Crippen LogP contribution >= 0.6 is 0 Å². The molecule has 1 aromatic heterocycles. The second kappa shape index (κ2) is 6.67. The van der Waals surface area contributed by atoms with Crippen molar-refractivity contribution in [3.8, 4) is 11.5 Å². The number of aryl methyl sites for hydroxylation is 2. The fraction of sp³-hybridized carbons (Fsp3) is 0.238. The Morgan fingerprint density at radius 1 is 1.15 bits per heavy atom. The van der Waals surface area contributed by atoms with Gasteiger partial charge in [-0.25, -0.2) is 0 Å². The van der Waals surface area contributed by atoms with Crippen molar-refractivity contribution in [2.75, 3.05) is 13.2 Å². The molecule has 1 atom stereocenters. The van der Waals surface area contributed by atoms with Crippen molar-refractivity contribution in [2.45, 2.75) is 20.0 Å². The maximum Gasteiger partial charge on any atom is 0.253 e. The van der Waals surface area contributed by atoms with Crippen molar-refractivity contribution in [3.63, 3.8) is 0 Å². The van der Waals surface area contributed by atoms with Crippen molar-refractivity contribution in [1.82, 2.24) is 10.3 Å². The lowest BCUT2D eigenvalue weighted by Gasteiger charge is -2.26. The van der Waals surface area contributed by atoms with Gasteiger partial charge < -0.3 is 14.8 Å². The predicted molar refractivity (Wildman–Crippen MR) is 99.9 cm³/mol. The van der Waals surface area contributed by atoms with Crippen LogP contribution in [0, 0.1) is 13.8 Å². The minimum absolute atomic E-state index is 0.153. The monoisotopic (exact) mass is 348 g/mol. The van der Waals surface area contributed by atoms with Crippen molar-refractivity contribution in [2.24, 2.45) is 0 Å². The Kier molecular flexibility index (Phi) is 4.21. The third kappa shape index (κ3) is 3.20. The van der Waals surface area contributed by atoms with E-state index in [4.69, 9.17) is 9.47 Å². The SMILES string of the molecule is Cc1ccc2cc(C(=O)NC[C@H]3COc4ccccc4O3)c(C)nc2c1. The molecule has 5 heteroatoms. The molecule has 0 saturated carbocycles. The number of hydrogen-bond donors (Lipinski definition) is 1. The summed E-state index contributed by atoms with van der Waals surface area (Å²) in [6, 6.07) is 15.5. The topological polar surface area (TPSA) is 60.5 Å². The van der Waals surface area contributed by atoms with Crippen LogP contribution in [-0.2, 0) is 0 Å². The highest BCUT2D eigenvalue weighted by Gasteiger charge is 2.22. The first-order valence-electron chi connectivity index (χ1n) is 8.65. The van der Waals surface area contributed by atoms with Gasteiger partial charge in [-0.15, -0.1) is 0 Å². The van der Waals surface area contributed by atoms with Crippen molar-refractivity contribution < 1.29 is 14.3 Å². The number of carbonyl (C=O) groups is 1. The van der Waals surface area contributed by atoms with Crippen LogP contribution in [0.25, 0.3) is 10.9 Å². The third-order valence-corrected chi connectivity index (χ3v) is 4.47. The largest absolute Gasteiger partial charge is 0.486 e. The number of pyridine rings is 1. The standard InChI is InChI=1S/C21H20N2O3/c1-13-7-8-15-10-17(14(2)23-18(15)9-13)21(24)22-11-16-12-25-19-5-3-4-6-20(19)26-16/h3-10,16H,11-12H2,1-2H3,(H,22,24)/t16-/m0/s1. The van der Waals surface area contributed by atoms with Crippen LogP contribution in [0.2, 0.25) is 0 Å². The highest BCUT2D eigenvalue weighted by molar-refractivity contribution is 5.98. The number of benzene rings is 2. The lowest BCUT2D eigenvalue weighted by Crippen LogP contribution is -2.40. The Balaban J connectivity index is 1.46. The van der Waals surface area contributed by atoms with Crippen LogP contribution in [-0.4, -0.2) is 30.1 Å². The average Bonchev–Trinajstić information content (AvgIpc) is 2.65. The number of amides is 1. The average molecular weight is 348 g/mol. The second-order valence-corrected chi connectivity index (χ2v) is 6.53. The molecule has 5 nitrogen and oxygen atoms in total. The minimum atomic E-state index is -0.217. The number of hydrogen-bond acceptors (Lipinski definition) is 4. The zero-order valence-corrected chi connectivity index (χ0v) is 14.8. The number of para-hydroxylation sites is 2. The lowest BCUT2D eigenvalue weighted by molar-refractivity contribution is 0.0788. The van der Waals surface area contributed by atoms with E-state index in [1.54, 1.807) is 0 Å². The number of nitrogens with one attached hydrogen (secondary N) is 1. The molecule has 0 radical (unpaired) electrons. The van der Waals surface area contributed by atoms with E-state index in [-0.39, 0.29) is 12.0 Å². The highest BCUT2D eigenvalue weighted by Crippen LogP contribution is 2.30. The van der Waals surface area contributed by atoms with Gasteiger partial charge in [0.05, 0.1) is 23.3 Å². The molecule has 2 aromatic carbocycles. The summed E-state index contributed by atoms with van der Waals surface area (Å²) in [6.07, 6.45) is -0.217. The third-order valence-electron chi connectivity index (χ3n) is 4.47. The van der Waals surface area contributed by atoms with E-state index in [1.807, 2.05) is 62.4 Å². The summed E-state index contributed by atoms with van der Waals surface area (Å²) >= 11 is 0. The van der Waals surface area contributed by atoms with Crippen LogP contribution < -0.4 is 14.8 Å². The van der Waals surface area contributed by atoms with Crippen LogP contribution in [0.5, 0.6) is 11.5 Å². The summed E-state index contributed by atoms with van der Waals surface area (Å²) in [5, 5.41) is 3.89. The van der Waals surface area contributed by atoms with Gasteiger partial charge in [0.25, 0.3) is 5.91 Å². The molecule has 3 aromatic rings. The van der Waals surface area contributed by atoms with Gasteiger partial charge in [-0.05, 0) is 43.7 Å². The van der Waals surface area contributed by atoms with Gasteiger partial charge >= 0.3 is 0 Å². The summed E-state index contributed by atoms with van der Waals surface area (Å²) in [5.41, 5.74) is 3.35. The Hall–Kier alpha value is -3.08. The maximum absolute atomic E-state index is 12.6. The first-order valence-corrected chi connectivity index (χ1v) is 8.65. The van der Waals surface area contributed by atoms with Gasteiger partial charge in [-0.2, -0.15) is 0 Å². The van der Waals surface area contributed by atoms with Gasteiger partial charge in [-0.1, -0.05) is 24.3 Å². The number of nitrogens with zero attached hydrogens (tertiary/aromatic N) is 1.